The summed E-state index contributed by atoms with van der Waals surface area (Å²) in [6, 6.07) is 7.67. The molecular weight excluding hydrogens is 302 g/mol. The van der Waals surface area contributed by atoms with E-state index in [1.165, 1.54) is 6.42 Å². The average molecular weight is 331 g/mol. The Hall–Kier alpha value is -1.84. The molecule has 0 saturated carbocycles. The Balaban J connectivity index is 1.90. The number of piperidine rings is 1. The zero-order valence-electron chi connectivity index (χ0n) is 15.2. The molecule has 4 heteroatoms. The van der Waals surface area contributed by atoms with Crippen molar-refractivity contribution < 1.29 is 14.3 Å². The first kappa shape index (κ1) is 18.5. The summed E-state index contributed by atoms with van der Waals surface area (Å²) in [6.07, 6.45) is 2.00. The fourth-order valence-electron chi connectivity index (χ4n) is 3.41. The van der Waals surface area contributed by atoms with Gasteiger partial charge in [0.15, 0.2) is 6.10 Å². The van der Waals surface area contributed by atoms with Gasteiger partial charge in [-0.3, -0.25) is 4.79 Å². The molecule has 0 aliphatic carbocycles. The molecule has 1 amide bonds. The number of amides is 1. The molecule has 1 heterocycles. The van der Waals surface area contributed by atoms with E-state index in [9.17, 15) is 9.59 Å². The standard InChI is InChI=1S/C20H29NO3/c1-14-11-15(2)13-21(12-14)20(23)17(4)24-19-9-7-18(8-10-19)6-5-16(3)22/h7-10,14-15,17H,5-6,11-13H2,1-4H3. The normalized spacial score (nSPS) is 22.1. The van der Waals surface area contributed by atoms with Gasteiger partial charge in [-0.25, -0.2) is 0 Å². The van der Waals surface area contributed by atoms with E-state index in [1.54, 1.807) is 6.92 Å². The van der Waals surface area contributed by atoms with Crippen LogP contribution in [0.15, 0.2) is 24.3 Å². The molecule has 4 nitrogen and oxygen atoms in total. The summed E-state index contributed by atoms with van der Waals surface area (Å²) in [4.78, 5) is 25.6. The van der Waals surface area contributed by atoms with Gasteiger partial charge in [-0.05, 0) is 56.2 Å². The highest BCUT2D eigenvalue weighted by atomic mass is 16.5. The SMILES string of the molecule is CC(=O)CCc1ccc(OC(C)C(=O)N2CC(C)CC(C)C2)cc1. The minimum Gasteiger partial charge on any atom is -0.481 e. The van der Waals surface area contributed by atoms with Gasteiger partial charge >= 0.3 is 0 Å². The smallest absolute Gasteiger partial charge is 0.263 e. The first-order valence-corrected chi connectivity index (χ1v) is 8.89. The van der Waals surface area contributed by atoms with Crippen molar-refractivity contribution in [2.24, 2.45) is 11.8 Å². The lowest BCUT2D eigenvalue weighted by molar-refractivity contribution is -0.140. The number of hydrogen-bond acceptors (Lipinski definition) is 3. The Morgan fingerprint density at radius 3 is 2.29 bits per heavy atom. The van der Waals surface area contributed by atoms with Crippen LogP contribution < -0.4 is 4.74 Å². The summed E-state index contributed by atoms with van der Waals surface area (Å²) in [5.41, 5.74) is 1.11. The number of rotatable bonds is 6. The fraction of sp³-hybridized carbons (Fsp3) is 0.600. The van der Waals surface area contributed by atoms with Crippen LogP contribution in [0.1, 0.15) is 46.1 Å². The number of ether oxygens (including phenoxy) is 1. The Labute approximate surface area is 145 Å². The van der Waals surface area contributed by atoms with Crippen molar-refractivity contribution in [3.63, 3.8) is 0 Å². The van der Waals surface area contributed by atoms with Crippen molar-refractivity contribution in [3.8, 4) is 5.75 Å². The Morgan fingerprint density at radius 1 is 1.17 bits per heavy atom. The Morgan fingerprint density at radius 2 is 1.75 bits per heavy atom. The lowest BCUT2D eigenvalue weighted by atomic mass is 9.91. The van der Waals surface area contributed by atoms with Crippen LogP contribution in [0.3, 0.4) is 0 Å². The second-order valence-electron chi connectivity index (χ2n) is 7.30. The predicted molar refractivity (Wildman–Crippen MR) is 95.1 cm³/mol. The number of Topliss-reactive ketones (excluding diaryl/α,β-unsaturated/α-hetero) is 1. The number of likely N-dealkylation sites (tertiary alicyclic amines) is 1. The minimum absolute atomic E-state index is 0.0639. The number of hydrogen-bond donors (Lipinski definition) is 0. The summed E-state index contributed by atoms with van der Waals surface area (Å²) < 4.78 is 5.82. The minimum atomic E-state index is -0.481. The molecule has 1 aromatic rings. The third-order valence-electron chi connectivity index (χ3n) is 4.53. The molecule has 24 heavy (non-hydrogen) atoms. The maximum atomic E-state index is 12.6. The molecule has 3 atom stereocenters. The number of nitrogens with zero attached hydrogens (tertiary/aromatic N) is 1. The van der Waals surface area contributed by atoms with Crippen LogP contribution in [0.4, 0.5) is 0 Å². The molecule has 1 fully saturated rings. The zero-order valence-corrected chi connectivity index (χ0v) is 15.2. The highest BCUT2D eigenvalue weighted by molar-refractivity contribution is 5.81. The highest BCUT2D eigenvalue weighted by Gasteiger charge is 2.29. The van der Waals surface area contributed by atoms with Gasteiger partial charge in [0.1, 0.15) is 11.5 Å². The van der Waals surface area contributed by atoms with Crippen LogP contribution >= 0.6 is 0 Å². The van der Waals surface area contributed by atoms with E-state index in [2.05, 4.69) is 13.8 Å². The van der Waals surface area contributed by atoms with Gasteiger partial charge in [-0.2, -0.15) is 0 Å². The van der Waals surface area contributed by atoms with Crippen molar-refractivity contribution >= 4 is 11.7 Å². The van der Waals surface area contributed by atoms with Gasteiger partial charge in [-0.1, -0.05) is 26.0 Å². The topological polar surface area (TPSA) is 46.6 Å². The predicted octanol–water partition coefficient (Wildman–Crippen LogP) is 3.48. The summed E-state index contributed by atoms with van der Waals surface area (Å²) in [6.45, 7) is 9.45. The van der Waals surface area contributed by atoms with Gasteiger partial charge in [0.25, 0.3) is 5.91 Å². The van der Waals surface area contributed by atoms with E-state index < -0.39 is 6.10 Å². The van der Waals surface area contributed by atoms with Gasteiger partial charge in [0, 0.05) is 19.5 Å². The van der Waals surface area contributed by atoms with E-state index in [-0.39, 0.29) is 11.7 Å². The first-order valence-electron chi connectivity index (χ1n) is 8.89. The maximum Gasteiger partial charge on any atom is 0.263 e. The van der Waals surface area contributed by atoms with E-state index in [4.69, 9.17) is 4.74 Å². The number of carbonyl (C=O) groups is 2. The second kappa shape index (κ2) is 8.32. The highest BCUT2D eigenvalue weighted by Crippen LogP contribution is 2.22. The molecule has 132 valence electrons. The fourth-order valence-corrected chi connectivity index (χ4v) is 3.41. The van der Waals surface area contributed by atoms with E-state index in [0.29, 0.717) is 24.0 Å². The number of benzene rings is 1. The molecule has 0 spiro atoms. The molecular formula is C20H29NO3. The Kier molecular flexibility index (Phi) is 6.41. The van der Waals surface area contributed by atoms with E-state index in [1.807, 2.05) is 36.1 Å². The van der Waals surface area contributed by atoms with Crippen LogP contribution in [0.2, 0.25) is 0 Å². The molecule has 1 saturated heterocycles. The van der Waals surface area contributed by atoms with Gasteiger partial charge in [-0.15, -0.1) is 0 Å². The van der Waals surface area contributed by atoms with E-state index in [0.717, 1.165) is 25.1 Å². The van der Waals surface area contributed by atoms with Crippen molar-refractivity contribution in [3.05, 3.63) is 29.8 Å². The van der Waals surface area contributed by atoms with Crippen LogP contribution in [-0.2, 0) is 16.0 Å². The van der Waals surface area contributed by atoms with Crippen molar-refractivity contribution in [2.75, 3.05) is 13.1 Å². The number of aryl methyl sites for hydroxylation is 1. The molecule has 0 radical (unpaired) electrons. The molecule has 2 rings (SSSR count). The molecule has 1 aliphatic rings. The Bertz CT molecular complexity index is 557. The van der Waals surface area contributed by atoms with Crippen LogP contribution in [0.25, 0.3) is 0 Å². The largest absolute Gasteiger partial charge is 0.481 e. The van der Waals surface area contributed by atoms with Crippen LogP contribution in [0, 0.1) is 11.8 Å². The summed E-state index contributed by atoms with van der Waals surface area (Å²) in [7, 11) is 0. The third-order valence-corrected chi connectivity index (χ3v) is 4.53. The monoisotopic (exact) mass is 331 g/mol. The van der Waals surface area contributed by atoms with Gasteiger partial charge in [0.05, 0.1) is 0 Å². The lowest BCUT2D eigenvalue weighted by Gasteiger charge is -2.36. The molecule has 3 unspecified atom stereocenters. The van der Waals surface area contributed by atoms with Gasteiger partial charge < -0.3 is 14.4 Å². The number of carbonyl (C=O) groups excluding carboxylic acids is 2. The third kappa shape index (κ3) is 5.36. The molecule has 1 aromatic carbocycles. The van der Waals surface area contributed by atoms with Crippen molar-refractivity contribution in [2.45, 2.75) is 53.1 Å². The second-order valence-corrected chi connectivity index (χ2v) is 7.30. The lowest BCUT2D eigenvalue weighted by Crippen LogP contribution is -2.47. The number of ketones is 1. The van der Waals surface area contributed by atoms with Gasteiger partial charge in [0.2, 0.25) is 0 Å². The van der Waals surface area contributed by atoms with Crippen molar-refractivity contribution in [1.82, 2.24) is 4.90 Å². The molecule has 0 bridgehead atoms. The average Bonchev–Trinajstić information content (AvgIpc) is 2.52. The van der Waals surface area contributed by atoms with Crippen LogP contribution in [0.5, 0.6) is 5.75 Å². The zero-order chi connectivity index (χ0) is 17.7. The summed E-state index contributed by atoms with van der Waals surface area (Å²) in [5.74, 6) is 2.05. The summed E-state index contributed by atoms with van der Waals surface area (Å²) in [5, 5.41) is 0. The van der Waals surface area contributed by atoms with Crippen LogP contribution in [-0.4, -0.2) is 35.8 Å². The quantitative estimate of drug-likeness (QED) is 0.802. The first-order chi connectivity index (χ1) is 11.3. The molecule has 0 aromatic heterocycles. The maximum absolute atomic E-state index is 12.6. The van der Waals surface area contributed by atoms with E-state index >= 15 is 0 Å². The molecule has 0 N–H and O–H groups in total. The summed E-state index contributed by atoms with van der Waals surface area (Å²) >= 11 is 0. The molecule has 1 aliphatic heterocycles. The van der Waals surface area contributed by atoms with Crippen molar-refractivity contribution in [1.29, 1.82) is 0 Å².